The molecule has 1 heterocycles. The molecule has 0 radical (unpaired) electrons. The van der Waals surface area contributed by atoms with Crippen LogP contribution in [0.3, 0.4) is 0 Å². The molecule has 1 aliphatic heterocycles. The molecule has 0 aromatic heterocycles. The van der Waals surface area contributed by atoms with Gasteiger partial charge in [-0.15, -0.1) is 0 Å². The highest BCUT2D eigenvalue weighted by Gasteiger charge is 2.25. The molecular formula is C12H13Br2NOS. The average Bonchev–Trinajstić information content (AvgIpc) is 2.32. The molecule has 2 rings (SSSR count). The predicted octanol–water partition coefficient (Wildman–Crippen LogP) is 3.79. The van der Waals surface area contributed by atoms with Gasteiger partial charge in [0, 0.05) is 33.0 Å². The molecule has 5 heteroatoms. The molecular weight excluding hydrogens is 366 g/mol. The number of rotatable bonds is 1. The summed E-state index contributed by atoms with van der Waals surface area (Å²) in [7, 11) is 0. The number of hydrogen-bond donors (Lipinski definition) is 0. The SMILES string of the molecule is CC1CSCCN1C(=O)c1cc(Br)ccc1Br. The third kappa shape index (κ3) is 3.06. The van der Waals surface area contributed by atoms with E-state index in [2.05, 4.69) is 38.8 Å². The number of halogens is 2. The van der Waals surface area contributed by atoms with Crippen LogP contribution >= 0.6 is 43.6 Å². The van der Waals surface area contributed by atoms with Crippen molar-refractivity contribution in [2.24, 2.45) is 0 Å². The van der Waals surface area contributed by atoms with Crippen molar-refractivity contribution in [3.63, 3.8) is 0 Å². The second kappa shape index (κ2) is 5.76. The third-order valence-corrected chi connectivity index (χ3v) is 5.16. The zero-order valence-electron chi connectivity index (χ0n) is 9.45. The van der Waals surface area contributed by atoms with Crippen LogP contribution in [-0.4, -0.2) is 34.9 Å². The van der Waals surface area contributed by atoms with E-state index in [9.17, 15) is 4.79 Å². The van der Waals surface area contributed by atoms with Gasteiger partial charge in [0.1, 0.15) is 0 Å². The van der Waals surface area contributed by atoms with E-state index in [1.54, 1.807) is 0 Å². The Kier molecular flexibility index (Phi) is 4.55. The predicted molar refractivity (Wildman–Crippen MR) is 79.7 cm³/mol. The monoisotopic (exact) mass is 377 g/mol. The smallest absolute Gasteiger partial charge is 0.255 e. The molecule has 0 bridgehead atoms. The molecule has 2 nitrogen and oxygen atoms in total. The largest absolute Gasteiger partial charge is 0.334 e. The zero-order chi connectivity index (χ0) is 12.4. The second-order valence-electron chi connectivity index (χ2n) is 4.05. The number of nitrogens with zero attached hydrogens (tertiary/aromatic N) is 1. The number of thioether (sulfide) groups is 1. The number of carbonyl (C=O) groups is 1. The van der Waals surface area contributed by atoms with Gasteiger partial charge < -0.3 is 4.90 Å². The van der Waals surface area contributed by atoms with Crippen molar-refractivity contribution in [2.45, 2.75) is 13.0 Å². The van der Waals surface area contributed by atoms with Crippen molar-refractivity contribution >= 4 is 49.5 Å². The molecule has 0 N–H and O–H groups in total. The molecule has 1 aliphatic rings. The molecule has 1 amide bonds. The van der Waals surface area contributed by atoms with Crippen LogP contribution in [0.25, 0.3) is 0 Å². The van der Waals surface area contributed by atoms with Crippen molar-refractivity contribution in [1.29, 1.82) is 0 Å². The van der Waals surface area contributed by atoms with Crippen LogP contribution in [0.5, 0.6) is 0 Å². The van der Waals surface area contributed by atoms with E-state index < -0.39 is 0 Å². The van der Waals surface area contributed by atoms with Gasteiger partial charge in [-0.2, -0.15) is 11.8 Å². The van der Waals surface area contributed by atoms with Crippen LogP contribution in [-0.2, 0) is 0 Å². The molecule has 1 aromatic rings. The topological polar surface area (TPSA) is 20.3 Å². The Morgan fingerprint density at radius 2 is 2.24 bits per heavy atom. The maximum Gasteiger partial charge on any atom is 0.255 e. The first-order chi connectivity index (χ1) is 8.09. The Hall–Kier alpha value is -0.000000000000000111. The van der Waals surface area contributed by atoms with E-state index in [4.69, 9.17) is 0 Å². The Balaban J connectivity index is 2.26. The molecule has 0 aliphatic carbocycles. The highest BCUT2D eigenvalue weighted by atomic mass is 79.9. The van der Waals surface area contributed by atoms with E-state index in [1.165, 1.54) is 0 Å². The molecule has 92 valence electrons. The van der Waals surface area contributed by atoms with Crippen LogP contribution < -0.4 is 0 Å². The summed E-state index contributed by atoms with van der Waals surface area (Å²) >= 11 is 8.76. The lowest BCUT2D eigenvalue weighted by molar-refractivity contribution is 0.0715. The van der Waals surface area contributed by atoms with Crippen LogP contribution in [0.4, 0.5) is 0 Å². The number of benzene rings is 1. The highest BCUT2D eigenvalue weighted by molar-refractivity contribution is 9.11. The van der Waals surface area contributed by atoms with E-state index in [0.717, 1.165) is 32.6 Å². The fourth-order valence-corrected chi connectivity index (χ4v) is 3.64. The molecule has 0 saturated carbocycles. The molecule has 1 saturated heterocycles. The normalized spacial score (nSPS) is 20.4. The van der Waals surface area contributed by atoms with Crippen molar-refractivity contribution in [1.82, 2.24) is 4.90 Å². The minimum Gasteiger partial charge on any atom is -0.334 e. The number of carbonyl (C=O) groups excluding carboxylic acids is 1. The maximum absolute atomic E-state index is 12.4. The summed E-state index contributed by atoms with van der Waals surface area (Å²) in [5.74, 6) is 2.17. The van der Waals surface area contributed by atoms with Crippen LogP contribution in [0.1, 0.15) is 17.3 Å². The molecule has 1 atom stereocenters. The van der Waals surface area contributed by atoms with Gasteiger partial charge in [-0.3, -0.25) is 4.79 Å². The lowest BCUT2D eigenvalue weighted by Crippen LogP contribution is -2.44. The summed E-state index contributed by atoms with van der Waals surface area (Å²) in [6, 6.07) is 6.02. The Morgan fingerprint density at radius 1 is 1.47 bits per heavy atom. The Labute approximate surface area is 122 Å². The summed E-state index contributed by atoms with van der Waals surface area (Å²) < 4.78 is 1.79. The minimum atomic E-state index is 0.117. The average molecular weight is 379 g/mol. The number of hydrogen-bond acceptors (Lipinski definition) is 2. The van der Waals surface area contributed by atoms with Crippen molar-refractivity contribution in [2.75, 3.05) is 18.1 Å². The standard InChI is InChI=1S/C12H13Br2NOS/c1-8-7-17-5-4-15(8)12(16)10-6-9(13)2-3-11(10)14/h2-3,6,8H,4-5,7H2,1H3. The van der Waals surface area contributed by atoms with Gasteiger partial charge in [-0.05, 0) is 41.1 Å². The first kappa shape index (κ1) is 13.4. The van der Waals surface area contributed by atoms with Crippen LogP contribution in [0.15, 0.2) is 27.1 Å². The Morgan fingerprint density at radius 3 is 2.94 bits per heavy atom. The van der Waals surface area contributed by atoms with Crippen molar-refractivity contribution in [3.05, 3.63) is 32.7 Å². The highest BCUT2D eigenvalue weighted by Crippen LogP contribution is 2.25. The zero-order valence-corrected chi connectivity index (χ0v) is 13.4. The lowest BCUT2D eigenvalue weighted by Gasteiger charge is -2.33. The molecule has 1 fully saturated rings. The van der Waals surface area contributed by atoms with Gasteiger partial charge in [-0.25, -0.2) is 0 Å². The second-order valence-corrected chi connectivity index (χ2v) is 6.97. The van der Waals surface area contributed by atoms with E-state index in [-0.39, 0.29) is 5.91 Å². The molecule has 17 heavy (non-hydrogen) atoms. The third-order valence-electron chi connectivity index (χ3n) is 2.79. The summed E-state index contributed by atoms with van der Waals surface area (Å²) in [6.07, 6.45) is 0. The van der Waals surface area contributed by atoms with Crippen LogP contribution in [0.2, 0.25) is 0 Å². The van der Waals surface area contributed by atoms with Gasteiger partial charge in [-0.1, -0.05) is 15.9 Å². The van der Waals surface area contributed by atoms with Crippen molar-refractivity contribution < 1.29 is 4.79 Å². The van der Waals surface area contributed by atoms with Gasteiger partial charge in [0.2, 0.25) is 0 Å². The summed E-state index contributed by atoms with van der Waals surface area (Å²) in [5.41, 5.74) is 0.734. The summed E-state index contributed by atoms with van der Waals surface area (Å²) in [5, 5.41) is 0. The minimum absolute atomic E-state index is 0.117. The molecule has 0 spiro atoms. The van der Waals surface area contributed by atoms with Crippen LogP contribution in [0, 0.1) is 0 Å². The van der Waals surface area contributed by atoms with Gasteiger partial charge in [0.15, 0.2) is 0 Å². The van der Waals surface area contributed by atoms with E-state index >= 15 is 0 Å². The first-order valence-corrected chi connectivity index (χ1v) is 8.17. The quantitative estimate of drug-likeness (QED) is 0.740. The lowest BCUT2D eigenvalue weighted by atomic mass is 10.1. The van der Waals surface area contributed by atoms with Gasteiger partial charge in [0.05, 0.1) is 5.56 Å². The first-order valence-electron chi connectivity index (χ1n) is 5.43. The van der Waals surface area contributed by atoms with Gasteiger partial charge >= 0.3 is 0 Å². The summed E-state index contributed by atoms with van der Waals surface area (Å²) in [6.45, 7) is 2.94. The molecule has 1 aromatic carbocycles. The van der Waals surface area contributed by atoms with Crippen molar-refractivity contribution in [3.8, 4) is 0 Å². The van der Waals surface area contributed by atoms with E-state index in [0.29, 0.717) is 6.04 Å². The van der Waals surface area contributed by atoms with Gasteiger partial charge in [0.25, 0.3) is 5.91 Å². The number of amides is 1. The maximum atomic E-state index is 12.4. The fraction of sp³-hybridized carbons (Fsp3) is 0.417. The summed E-state index contributed by atoms with van der Waals surface area (Å²) in [4.78, 5) is 14.4. The van der Waals surface area contributed by atoms with E-state index in [1.807, 2.05) is 34.9 Å². The molecule has 1 unspecified atom stereocenters. The fourth-order valence-electron chi connectivity index (χ4n) is 1.84. The Bertz CT molecular complexity index is 439.